The van der Waals surface area contributed by atoms with E-state index >= 15 is 0 Å². The second kappa shape index (κ2) is 3.32. The average Bonchev–Trinajstić information content (AvgIpc) is 2.78. The highest BCUT2D eigenvalue weighted by Gasteiger charge is 2.43. The number of morpholine rings is 1. The van der Waals surface area contributed by atoms with Gasteiger partial charge in [0.25, 0.3) is 0 Å². The third kappa shape index (κ3) is 1.97. The summed E-state index contributed by atoms with van der Waals surface area (Å²) in [5.74, 6) is 0. The van der Waals surface area contributed by atoms with E-state index in [1.54, 1.807) is 0 Å². The van der Waals surface area contributed by atoms with Gasteiger partial charge < -0.3 is 14.8 Å². The molecule has 1 heterocycles. The lowest BCUT2D eigenvalue weighted by molar-refractivity contribution is -0.0549. The normalized spacial score (nSPS) is 39.8. The number of rotatable bonds is 3. The molecule has 2 fully saturated rings. The van der Waals surface area contributed by atoms with Crippen molar-refractivity contribution in [3.05, 3.63) is 0 Å². The molecule has 1 saturated heterocycles. The zero-order valence-electron chi connectivity index (χ0n) is 7.75. The summed E-state index contributed by atoms with van der Waals surface area (Å²) < 4.78 is 11.2. The quantitative estimate of drug-likeness (QED) is 0.672. The van der Waals surface area contributed by atoms with Gasteiger partial charge in [-0.2, -0.15) is 0 Å². The Kier molecular flexibility index (Phi) is 2.35. The molecule has 3 atom stereocenters. The van der Waals surface area contributed by atoms with Gasteiger partial charge in [-0.15, -0.1) is 0 Å². The molecule has 1 aliphatic carbocycles. The summed E-state index contributed by atoms with van der Waals surface area (Å²) in [6, 6.07) is 0.653. The highest BCUT2D eigenvalue weighted by Crippen LogP contribution is 2.29. The summed E-state index contributed by atoms with van der Waals surface area (Å²) in [5.41, 5.74) is 0. The van der Waals surface area contributed by atoms with Crippen molar-refractivity contribution < 1.29 is 9.47 Å². The number of ether oxygens (including phenoxy) is 2. The van der Waals surface area contributed by atoms with E-state index in [1.165, 1.54) is 6.42 Å². The first-order valence-electron chi connectivity index (χ1n) is 4.76. The second-order valence-corrected chi connectivity index (χ2v) is 3.93. The average molecular weight is 171 g/mol. The zero-order valence-corrected chi connectivity index (χ0v) is 7.75. The number of nitrogens with one attached hydrogen (secondary N) is 1. The maximum atomic E-state index is 5.72. The molecule has 0 bridgehead atoms. The van der Waals surface area contributed by atoms with E-state index in [-0.39, 0.29) is 6.10 Å². The topological polar surface area (TPSA) is 30.5 Å². The van der Waals surface area contributed by atoms with Gasteiger partial charge in [0.1, 0.15) is 0 Å². The highest BCUT2D eigenvalue weighted by atomic mass is 16.5. The highest BCUT2D eigenvalue weighted by molar-refractivity contribution is 4.99. The standard InChI is InChI=1S/C9H17NO2/c1-6(2)11-5-7-4-10-8-3-9(8)12-7/h6-10H,3-5H2,1-2H3/t7-,8+,9-/m0/s1. The summed E-state index contributed by atoms with van der Waals surface area (Å²) in [6.45, 7) is 5.79. The van der Waals surface area contributed by atoms with Gasteiger partial charge in [0, 0.05) is 12.6 Å². The van der Waals surface area contributed by atoms with Crippen molar-refractivity contribution in [2.45, 2.75) is 44.6 Å². The first kappa shape index (κ1) is 8.48. The molecular weight excluding hydrogens is 154 g/mol. The van der Waals surface area contributed by atoms with Crippen LogP contribution in [-0.4, -0.2) is 37.5 Å². The SMILES string of the molecule is CC(C)OC[C@@H]1CN[C@@H]2C[C@@H]2O1. The van der Waals surface area contributed by atoms with Crippen LogP contribution in [0.4, 0.5) is 0 Å². The number of hydrogen-bond acceptors (Lipinski definition) is 3. The molecule has 1 N–H and O–H groups in total. The third-order valence-electron chi connectivity index (χ3n) is 2.32. The van der Waals surface area contributed by atoms with Crippen LogP contribution in [0.25, 0.3) is 0 Å². The van der Waals surface area contributed by atoms with E-state index in [0.29, 0.717) is 18.2 Å². The second-order valence-electron chi connectivity index (χ2n) is 3.93. The largest absolute Gasteiger partial charge is 0.376 e. The molecule has 70 valence electrons. The minimum atomic E-state index is 0.274. The molecular formula is C9H17NO2. The van der Waals surface area contributed by atoms with E-state index < -0.39 is 0 Å². The Morgan fingerprint density at radius 1 is 1.58 bits per heavy atom. The number of fused-ring (bicyclic) bond motifs is 1. The fourth-order valence-corrected chi connectivity index (χ4v) is 1.51. The predicted molar refractivity (Wildman–Crippen MR) is 46.2 cm³/mol. The Morgan fingerprint density at radius 2 is 2.42 bits per heavy atom. The Bertz CT molecular complexity index is 161. The van der Waals surface area contributed by atoms with Crippen molar-refractivity contribution in [1.29, 1.82) is 0 Å². The third-order valence-corrected chi connectivity index (χ3v) is 2.32. The molecule has 12 heavy (non-hydrogen) atoms. The van der Waals surface area contributed by atoms with Gasteiger partial charge in [-0.3, -0.25) is 0 Å². The molecule has 0 amide bonds. The van der Waals surface area contributed by atoms with Gasteiger partial charge in [0.15, 0.2) is 0 Å². The summed E-state index contributed by atoms with van der Waals surface area (Å²) >= 11 is 0. The van der Waals surface area contributed by atoms with Gasteiger partial charge in [-0.1, -0.05) is 0 Å². The summed E-state index contributed by atoms with van der Waals surface area (Å²) in [4.78, 5) is 0. The summed E-state index contributed by atoms with van der Waals surface area (Å²) in [5, 5.41) is 3.42. The number of hydrogen-bond donors (Lipinski definition) is 1. The van der Waals surface area contributed by atoms with Crippen LogP contribution in [0.1, 0.15) is 20.3 Å². The van der Waals surface area contributed by atoms with Crippen LogP contribution in [-0.2, 0) is 9.47 Å². The van der Waals surface area contributed by atoms with Gasteiger partial charge in [0.2, 0.25) is 0 Å². The molecule has 0 spiro atoms. The van der Waals surface area contributed by atoms with Gasteiger partial charge in [-0.05, 0) is 20.3 Å². The molecule has 3 nitrogen and oxygen atoms in total. The van der Waals surface area contributed by atoms with E-state index in [1.807, 2.05) is 0 Å². The molecule has 2 aliphatic rings. The Hall–Kier alpha value is -0.120. The van der Waals surface area contributed by atoms with Gasteiger partial charge in [-0.25, -0.2) is 0 Å². The van der Waals surface area contributed by atoms with Crippen molar-refractivity contribution in [1.82, 2.24) is 5.32 Å². The van der Waals surface area contributed by atoms with Crippen LogP contribution < -0.4 is 5.32 Å². The van der Waals surface area contributed by atoms with E-state index in [2.05, 4.69) is 19.2 Å². The molecule has 0 unspecified atom stereocenters. The zero-order chi connectivity index (χ0) is 8.55. The smallest absolute Gasteiger partial charge is 0.0937 e. The van der Waals surface area contributed by atoms with Crippen LogP contribution in [0, 0.1) is 0 Å². The van der Waals surface area contributed by atoms with E-state index in [9.17, 15) is 0 Å². The van der Waals surface area contributed by atoms with Crippen molar-refractivity contribution in [3.63, 3.8) is 0 Å². The fraction of sp³-hybridized carbons (Fsp3) is 1.00. The van der Waals surface area contributed by atoms with E-state index in [4.69, 9.17) is 9.47 Å². The molecule has 3 heteroatoms. The minimum absolute atomic E-state index is 0.274. The fourth-order valence-electron chi connectivity index (χ4n) is 1.51. The van der Waals surface area contributed by atoms with Crippen LogP contribution in [0.5, 0.6) is 0 Å². The summed E-state index contributed by atoms with van der Waals surface area (Å²) in [7, 11) is 0. The molecule has 0 aromatic rings. The summed E-state index contributed by atoms with van der Waals surface area (Å²) in [6.07, 6.45) is 2.26. The lowest BCUT2D eigenvalue weighted by Crippen LogP contribution is -2.41. The monoisotopic (exact) mass is 171 g/mol. The molecule has 1 aliphatic heterocycles. The van der Waals surface area contributed by atoms with Crippen molar-refractivity contribution in [2.24, 2.45) is 0 Å². The first-order valence-corrected chi connectivity index (χ1v) is 4.76. The van der Waals surface area contributed by atoms with Gasteiger partial charge in [0.05, 0.1) is 24.9 Å². The maximum absolute atomic E-state index is 5.72. The van der Waals surface area contributed by atoms with Crippen LogP contribution in [0.2, 0.25) is 0 Å². The Labute approximate surface area is 73.4 Å². The van der Waals surface area contributed by atoms with E-state index in [0.717, 1.165) is 13.2 Å². The predicted octanol–water partition coefficient (Wildman–Crippen LogP) is 0.541. The van der Waals surface area contributed by atoms with Crippen molar-refractivity contribution >= 4 is 0 Å². The Morgan fingerprint density at radius 3 is 3.08 bits per heavy atom. The molecule has 0 aromatic heterocycles. The molecule has 1 saturated carbocycles. The van der Waals surface area contributed by atoms with Gasteiger partial charge >= 0.3 is 0 Å². The van der Waals surface area contributed by atoms with Crippen molar-refractivity contribution in [3.8, 4) is 0 Å². The van der Waals surface area contributed by atoms with Crippen molar-refractivity contribution in [2.75, 3.05) is 13.2 Å². The molecule has 2 rings (SSSR count). The first-order chi connectivity index (χ1) is 5.75. The van der Waals surface area contributed by atoms with Crippen LogP contribution in [0.15, 0.2) is 0 Å². The minimum Gasteiger partial charge on any atom is -0.376 e. The lowest BCUT2D eigenvalue weighted by Gasteiger charge is -2.23. The maximum Gasteiger partial charge on any atom is 0.0937 e. The van der Waals surface area contributed by atoms with Crippen LogP contribution >= 0.6 is 0 Å². The Balaban J connectivity index is 1.67. The van der Waals surface area contributed by atoms with Crippen LogP contribution in [0.3, 0.4) is 0 Å². The lowest BCUT2D eigenvalue weighted by atomic mass is 10.3. The molecule has 0 radical (unpaired) electrons. The molecule has 0 aromatic carbocycles.